The third kappa shape index (κ3) is 2.98. The van der Waals surface area contributed by atoms with Crippen molar-refractivity contribution < 1.29 is 9.15 Å². The number of fused-ring (bicyclic) bond motifs is 6. The monoisotopic (exact) mass is 478 g/mol. The lowest BCUT2D eigenvalue weighted by Crippen LogP contribution is -2.22. The molecule has 35 heavy (non-hydrogen) atoms. The Morgan fingerprint density at radius 1 is 0.886 bits per heavy atom. The van der Waals surface area contributed by atoms with Crippen LogP contribution >= 0.6 is 11.6 Å². The summed E-state index contributed by atoms with van der Waals surface area (Å²) in [6.45, 7) is 0. The maximum atomic E-state index is 13.4. The van der Waals surface area contributed by atoms with E-state index in [-0.39, 0.29) is 0 Å². The van der Waals surface area contributed by atoms with Gasteiger partial charge in [-0.1, -0.05) is 72.3 Å². The maximum Gasteiger partial charge on any atom is 0.344 e. The van der Waals surface area contributed by atoms with Crippen LogP contribution in [-0.2, 0) is 0 Å². The highest BCUT2D eigenvalue weighted by atomic mass is 35.5. The van der Waals surface area contributed by atoms with Crippen LogP contribution < -0.4 is 10.4 Å². The minimum atomic E-state index is -0.618. The average Bonchev–Trinajstić information content (AvgIpc) is 3.33. The lowest BCUT2D eigenvalue weighted by atomic mass is 9.84. The Kier molecular flexibility index (Phi) is 4.28. The first-order valence-corrected chi connectivity index (χ1v) is 11.4. The van der Waals surface area contributed by atoms with Crippen molar-refractivity contribution in [3.05, 3.63) is 117 Å². The van der Waals surface area contributed by atoms with Gasteiger partial charge in [-0.05, 0) is 23.8 Å². The minimum Gasteiger partial charge on any atom is -0.437 e. The molecule has 4 heterocycles. The van der Waals surface area contributed by atoms with Crippen molar-refractivity contribution in [2.24, 2.45) is 0 Å². The number of rotatable bonds is 2. The number of hydrogen-bond donors (Lipinski definition) is 0. The Labute approximate surface area is 203 Å². The smallest absolute Gasteiger partial charge is 0.344 e. The summed E-state index contributed by atoms with van der Waals surface area (Å²) in [5.41, 5.74) is 3.00. The topological polar surface area (TPSA) is 82.5 Å². The van der Waals surface area contributed by atoms with Crippen LogP contribution in [0.25, 0.3) is 28.0 Å². The molecule has 1 unspecified atom stereocenters. The van der Waals surface area contributed by atoms with E-state index in [1.165, 1.54) is 0 Å². The molecular formula is C27H15ClN4O3. The molecule has 0 aliphatic carbocycles. The Morgan fingerprint density at radius 2 is 1.66 bits per heavy atom. The van der Waals surface area contributed by atoms with Gasteiger partial charge >= 0.3 is 5.63 Å². The molecule has 0 saturated heterocycles. The van der Waals surface area contributed by atoms with Gasteiger partial charge in [-0.15, -0.1) is 5.10 Å². The number of para-hydroxylation sites is 1. The highest BCUT2D eigenvalue weighted by molar-refractivity contribution is 6.31. The predicted octanol–water partition coefficient (Wildman–Crippen LogP) is 5.84. The number of aromatic nitrogens is 4. The van der Waals surface area contributed by atoms with E-state index in [2.05, 4.69) is 10.1 Å². The summed E-state index contributed by atoms with van der Waals surface area (Å²) in [5.74, 6) is 0.675. The molecule has 0 radical (unpaired) electrons. The molecule has 1 atom stereocenters. The molecule has 1 aliphatic rings. The van der Waals surface area contributed by atoms with E-state index < -0.39 is 11.5 Å². The molecule has 8 heteroatoms. The summed E-state index contributed by atoms with van der Waals surface area (Å²) in [6, 6.07) is 24.3. The van der Waals surface area contributed by atoms with E-state index in [9.17, 15) is 4.79 Å². The van der Waals surface area contributed by atoms with Crippen molar-refractivity contribution in [3.8, 4) is 23.0 Å². The van der Waals surface area contributed by atoms with Crippen LogP contribution in [0.1, 0.15) is 22.6 Å². The molecule has 6 aromatic rings. The summed E-state index contributed by atoms with van der Waals surface area (Å²) in [5, 5.41) is 5.81. The third-order valence-electron chi connectivity index (χ3n) is 6.21. The lowest BCUT2D eigenvalue weighted by molar-refractivity contribution is 0.422. The van der Waals surface area contributed by atoms with Crippen LogP contribution in [0, 0.1) is 0 Å². The van der Waals surface area contributed by atoms with Gasteiger partial charge < -0.3 is 9.15 Å². The van der Waals surface area contributed by atoms with E-state index in [4.69, 9.17) is 25.7 Å². The molecular weight excluding hydrogens is 464 g/mol. The van der Waals surface area contributed by atoms with Gasteiger partial charge in [-0.2, -0.15) is 0 Å². The first-order chi connectivity index (χ1) is 17.2. The fraction of sp³-hybridized carbons (Fsp3) is 0.0370. The zero-order valence-electron chi connectivity index (χ0n) is 18.1. The van der Waals surface area contributed by atoms with Crippen molar-refractivity contribution >= 4 is 28.2 Å². The summed E-state index contributed by atoms with van der Waals surface area (Å²) in [7, 11) is 0. The van der Waals surface area contributed by atoms with Crippen molar-refractivity contribution in [1.82, 2.24) is 19.6 Å². The van der Waals surface area contributed by atoms with Crippen LogP contribution in [0.5, 0.6) is 11.6 Å². The predicted molar refractivity (Wildman–Crippen MR) is 131 cm³/mol. The zero-order chi connectivity index (χ0) is 23.5. The molecule has 0 amide bonds. The molecule has 7 nitrogen and oxygen atoms in total. The molecule has 1 aliphatic heterocycles. The SMILES string of the molecule is O=c1oc2ccccc2c2c1C(c1ccccc1Cl)c1c(ncn3nc(-c4ccccc4)nc13)O2. The Bertz CT molecular complexity index is 1830. The molecule has 0 fully saturated rings. The van der Waals surface area contributed by atoms with Crippen molar-refractivity contribution in [2.75, 3.05) is 0 Å². The molecule has 3 aromatic carbocycles. The Morgan fingerprint density at radius 3 is 2.51 bits per heavy atom. The molecule has 0 saturated carbocycles. The fourth-order valence-electron chi connectivity index (χ4n) is 4.66. The first kappa shape index (κ1) is 19.9. The van der Waals surface area contributed by atoms with Crippen LogP contribution in [0.15, 0.2) is 94.4 Å². The van der Waals surface area contributed by atoms with Gasteiger partial charge in [-0.25, -0.2) is 19.3 Å². The second-order valence-electron chi connectivity index (χ2n) is 8.22. The van der Waals surface area contributed by atoms with Crippen molar-refractivity contribution in [3.63, 3.8) is 0 Å². The Hall–Kier alpha value is -4.49. The zero-order valence-corrected chi connectivity index (χ0v) is 18.8. The second kappa shape index (κ2) is 7.51. The number of halogens is 1. The normalized spacial score (nSPS) is 14.5. The van der Waals surface area contributed by atoms with Gasteiger partial charge in [0, 0.05) is 10.6 Å². The third-order valence-corrected chi connectivity index (χ3v) is 6.55. The first-order valence-electron chi connectivity index (χ1n) is 11.0. The summed E-state index contributed by atoms with van der Waals surface area (Å²) in [6.07, 6.45) is 1.57. The van der Waals surface area contributed by atoms with Crippen LogP contribution in [0.4, 0.5) is 0 Å². The van der Waals surface area contributed by atoms with Gasteiger partial charge in [0.25, 0.3) is 0 Å². The molecule has 7 rings (SSSR count). The van der Waals surface area contributed by atoms with E-state index in [0.717, 1.165) is 11.1 Å². The Balaban J connectivity index is 1.58. The van der Waals surface area contributed by atoms with Crippen molar-refractivity contribution in [2.45, 2.75) is 5.92 Å². The maximum absolute atomic E-state index is 13.4. The molecule has 0 bridgehead atoms. The lowest BCUT2D eigenvalue weighted by Gasteiger charge is -2.27. The second-order valence-corrected chi connectivity index (χ2v) is 8.63. The van der Waals surface area contributed by atoms with E-state index >= 15 is 0 Å². The minimum absolute atomic E-state index is 0.345. The summed E-state index contributed by atoms with van der Waals surface area (Å²) >= 11 is 6.68. The highest BCUT2D eigenvalue weighted by Crippen LogP contribution is 2.49. The van der Waals surface area contributed by atoms with E-state index in [1.54, 1.807) is 23.0 Å². The number of nitrogens with zero attached hydrogens (tertiary/aromatic N) is 4. The van der Waals surface area contributed by atoms with Crippen LogP contribution in [0.2, 0.25) is 5.02 Å². The molecule has 168 valence electrons. The van der Waals surface area contributed by atoms with Gasteiger partial charge in [0.05, 0.1) is 22.4 Å². The molecule has 0 N–H and O–H groups in total. The summed E-state index contributed by atoms with van der Waals surface area (Å²) in [4.78, 5) is 22.8. The number of benzene rings is 3. The number of hydrogen-bond acceptors (Lipinski definition) is 6. The van der Waals surface area contributed by atoms with Crippen LogP contribution in [0.3, 0.4) is 0 Å². The highest BCUT2D eigenvalue weighted by Gasteiger charge is 2.38. The van der Waals surface area contributed by atoms with Gasteiger partial charge in [-0.3, -0.25) is 0 Å². The van der Waals surface area contributed by atoms with E-state index in [1.807, 2.05) is 66.7 Å². The summed E-state index contributed by atoms with van der Waals surface area (Å²) < 4.78 is 13.6. The largest absolute Gasteiger partial charge is 0.437 e. The van der Waals surface area contributed by atoms with Gasteiger partial charge in [0.15, 0.2) is 17.2 Å². The number of ether oxygens (including phenoxy) is 1. The van der Waals surface area contributed by atoms with Gasteiger partial charge in [0.1, 0.15) is 11.9 Å². The standard InChI is InChI=1S/C27H15ClN4O3/c28-18-12-6-4-10-16(18)20-21-23(17-11-5-7-13-19(17)34-27(21)33)35-26-22(20)25-30-24(31-32(25)14-29-26)15-8-2-1-3-9-15/h1-14,20H. The fourth-order valence-corrected chi connectivity index (χ4v) is 4.90. The van der Waals surface area contributed by atoms with Gasteiger partial charge in [0.2, 0.25) is 5.88 Å². The molecule has 0 spiro atoms. The van der Waals surface area contributed by atoms with Crippen molar-refractivity contribution in [1.29, 1.82) is 0 Å². The quantitative estimate of drug-likeness (QED) is 0.290. The average molecular weight is 479 g/mol. The van der Waals surface area contributed by atoms with E-state index in [0.29, 0.717) is 50.2 Å². The molecule has 3 aromatic heterocycles. The van der Waals surface area contributed by atoms with Crippen LogP contribution in [-0.4, -0.2) is 19.6 Å².